The molecule has 7 heteroatoms. The van der Waals surface area contributed by atoms with Crippen LogP contribution in [0.15, 0.2) is 0 Å². The van der Waals surface area contributed by atoms with Crippen molar-refractivity contribution >= 4 is 15.7 Å². The van der Waals surface area contributed by atoms with Gasteiger partial charge in [0.05, 0.1) is 17.0 Å². The number of carbonyl (C=O) groups excluding carboxylic acids is 1. The molecule has 3 atom stereocenters. The lowest BCUT2D eigenvalue weighted by molar-refractivity contribution is -0.123. The van der Waals surface area contributed by atoms with Gasteiger partial charge in [-0.2, -0.15) is 0 Å². The van der Waals surface area contributed by atoms with E-state index in [0.29, 0.717) is 13.0 Å². The molecule has 0 radical (unpaired) electrons. The van der Waals surface area contributed by atoms with E-state index in [1.165, 1.54) is 0 Å². The van der Waals surface area contributed by atoms with Crippen LogP contribution in [0, 0.1) is 0 Å². The predicted molar refractivity (Wildman–Crippen MR) is 70.7 cm³/mol. The third kappa shape index (κ3) is 3.66. The molecule has 3 unspecified atom stereocenters. The first-order valence-electron chi connectivity index (χ1n) is 6.10. The highest BCUT2D eigenvalue weighted by molar-refractivity contribution is 7.91. The molecule has 1 aliphatic heterocycles. The molecule has 0 saturated carbocycles. The molecule has 1 saturated heterocycles. The third-order valence-electron chi connectivity index (χ3n) is 3.57. The summed E-state index contributed by atoms with van der Waals surface area (Å²) in [5, 5.41) is 0. The van der Waals surface area contributed by atoms with E-state index in [0.717, 1.165) is 0 Å². The zero-order chi connectivity index (χ0) is 14.1. The molecule has 1 fully saturated rings. The number of hydrogen-bond acceptors (Lipinski definition) is 5. The zero-order valence-electron chi connectivity index (χ0n) is 11.2. The van der Waals surface area contributed by atoms with Gasteiger partial charge in [-0.05, 0) is 27.2 Å². The van der Waals surface area contributed by atoms with Gasteiger partial charge >= 0.3 is 0 Å². The summed E-state index contributed by atoms with van der Waals surface area (Å²) >= 11 is 0. The van der Waals surface area contributed by atoms with Gasteiger partial charge in [-0.15, -0.1) is 0 Å². The first-order valence-corrected chi connectivity index (χ1v) is 7.92. The minimum atomic E-state index is -2.92. The largest absolute Gasteiger partial charge is 0.368 e. The van der Waals surface area contributed by atoms with E-state index in [4.69, 9.17) is 11.5 Å². The number of amides is 1. The monoisotopic (exact) mass is 277 g/mol. The van der Waals surface area contributed by atoms with Crippen molar-refractivity contribution in [3.8, 4) is 0 Å². The fourth-order valence-electron chi connectivity index (χ4n) is 2.50. The molecule has 0 aromatic rings. The average Bonchev–Trinajstić information content (AvgIpc) is 2.14. The lowest BCUT2D eigenvalue weighted by atomic mass is 9.93. The standard InChI is InChI=1S/C11H23N3O3S/c1-8(6-11(3,13)10(12)15)14-4-5-18(16,17)7-9(14)2/h8-9H,4-7,13H2,1-3H3,(H2,12,15). The van der Waals surface area contributed by atoms with Gasteiger partial charge in [0.15, 0.2) is 9.84 Å². The van der Waals surface area contributed by atoms with Crippen molar-refractivity contribution in [1.82, 2.24) is 4.90 Å². The highest BCUT2D eigenvalue weighted by atomic mass is 32.2. The summed E-state index contributed by atoms with van der Waals surface area (Å²) in [4.78, 5) is 13.3. The predicted octanol–water partition coefficient (Wildman–Crippen LogP) is -0.913. The lowest BCUT2D eigenvalue weighted by Crippen LogP contribution is -2.57. The smallest absolute Gasteiger partial charge is 0.237 e. The van der Waals surface area contributed by atoms with Crippen LogP contribution in [-0.2, 0) is 14.6 Å². The van der Waals surface area contributed by atoms with E-state index >= 15 is 0 Å². The van der Waals surface area contributed by atoms with Gasteiger partial charge in [0, 0.05) is 18.6 Å². The van der Waals surface area contributed by atoms with Crippen molar-refractivity contribution in [3.63, 3.8) is 0 Å². The van der Waals surface area contributed by atoms with Crippen LogP contribution in [0.5, 0.6) is 0 Å². The maximum atomic E-state index is 11.5. The van der Waals surface area contributed by atoms with E-state index in [9.17, 15) is 13.2 Å². The number of carbonyl (C=O) groups is 1. The fourth-order valence-corrected chi connectivity index (χ4v) is 4.08. The maximum Gasteiger partial charge on any atom is 0.237 e. The van der Waals surface area contributed by atoms with E-state index in [-0.39, 0.29) is 23.6 Å². The quantitative estimate of drug-likeness (QED) is 0.691. The molecular formula is C11H23N3O3S. The molecule has 1 heterocycles. The summed E-state index contributed by atoms with van der Waals surface area (Å²) < 4.78 is 23.0. The van der Waals surface area contributed by atoms with Crippen LogP contribution >= 0.6 is 0 Å². The molecule has 0 aliphatic carbocycles. The SMILES string of the molecule is CC(CC(C)(N)C(N)=O)N1CCS(=O)(=O)CC1C. The number of sulfone groups is 1. The summed E-state index contributed by atoms with van der Waals surface area (Å²) in [7, 11) is -2.92. The number of primary amides is 1. The van der Waals surface area contributed by atoms with Crippen molar-refractivity contribution in [2.45, 2.75) is 44.8 Å². The highest BCUT2D eigenvalue weighted by Crippen LogP contribution is 2.20. The minimum Gasteiger partial charge on any atom is -0.368 e. The van der Waals surface area contributed by atoms with E-state index < -0.39 is 21.3 Å². The van der Waals surface area contributed by atoms with Gasteiger partial charge in [0.2, 0.25) is 5.91 Å². The number of nitrogens with two attached hydrogens (primary N) is 2. The normalized spacial score (nSPS) is 29.4. The molecule has 1 rings (SSSR count). The van der Waals surface area contributed by atoms with Crippen LogP contribution in [0.4, 0.5) is 0 Å². The Balaban J connectivity index is 2.69. The Hall–Kier alpha value is -0.660. The molecule has 1 aliphatic rings. The molecule has 6 nitrogen and oxygen atoms in total. The second kappa shape index (κ2) is 5.14. The topological polar surface area (TPSA) is 106 Å². The van der Waals surface area contributed by atoms with Gasteiger partial charge in [0.25, 0.3) is 0 Å². The van der Waals surface area contributed by atoms with Crippen molar-refractivity contribution in [3.05, 3.63) is 0 Å². The summed E-state index contributed by atoms with van der Waals surface area (Å²) in [6, 6.07) is -0.0274. The van der Waals surface area contributed by atoms with Gasteiger partial charge in [-0.1, -0.05) is 0 Å². The van der Waals surface area contributed by atoms with Crippen LogP contribution in [0.25, 0.3) is 0 Å². The lowest BCUT2D eigenvalue weighted by Gasteiger charge is -2.40. The molecule has 0 aromatic heterocycles. The van der Waals surface area contributed by atoms with Gasteiger partial charge in [-0.25, -0.2) is 8.42 Å². The van der Waals surface area contributed by atoms with Crippen LogP contribution in [0.2, 0.25) is 0 Å². The molecule has 4 N–H and O–H groups in total. The summed E-state index contributed by atoms with van der Waals surface area (Å²) in [5.41, 5.74) is 10.0. The minimum absolute atomic E-state index is 0.0259. The Morgan fingerprint density at radius 1 is 1.56 bits per heavy atom. The molecule has 18 heavy (non-hydrogen) atoms. The molecule has 0 aromatic carbocycles. The molecule has 106 valence electrons. The van der Waals surface area contributed by atoms with Crippen LogP contribution in [-0.4, -0.2) is 54.9 Å². The van der Waals surface area contributed by atoms with Gasteiger partial charge in [-0.3, -0.25) is 9.69 Å². The van der Waals surface area contributed by atoms with Crippen molar-refractivity contribution in [2.75, 3.05) is 18.1 Å². The Bertz CT molecular complexity index is 419. The number of hydrogen-bond donors (Lipinski definition) is 2. The van der Waals surface area contributed by atoms with Gasteiger partial charge in [0.1, 0.15) is 0 Å². The highest BCUT2D eigenvalue weighted by Gasteiger charge is 2.35. The van der Waals surface area contributed by atoms with Crippen molar-refractivity contribution in [1.29, 1.82) is 0 Å². The first-order chi connectivity index (χ1) is 8.05. The first kappa shape index (κ1) is 15.4. The molecule has 1 amide bonds. The third-order valence-corrected chi connectivity index (χ3v) is 5.37. The zero-order valence-corrected chi connectivity index (χ0v) is 12.0. The van der Waals surface area contributed by atoms with Crippen LogP contribution in [0.3, 0.4) is 0 Å². The Kier molecular flexibility index (Phi) is 4.40. The van der Waals surface area contributed by atoms with E-state index in [1.54, 1.807) is 6.92 Å². The summed E-state index contributed by atoms with van der Waals surface area (Å²) in [6.07, 6.45) is 0.423. The second-order valence-corrected chi connectivity index (χ2v) is 7.76. The van der Waals surface area contributed by atoms with Gasteiger partial charge < -0.3 is 11.5 Å². The van der Waals surface area contributed by atoms with E-state index in [2.05, 4.69) is 4.90 Å². The van der Waals surface area contributed by atoms with Crippen molar-refractivity contribution < 1.29 is 13.2 Å². The summed E-state index contributed by atoms with van der Waals surface area (Å²) in [6.45, 7) is 5.92. The van der Waals surface area contributed by atoms with Crippen LogP contribution in [0.1, 0.15) is 27.2 Å². The molecule has 0 spiro atoms. The molecular weight excluding hydrogens is 254 g/mol. The second-order valence-electron chi connectivity index (χ2n) is 5.54. The van der Waals surface area contributed by atoms with Crippen molar-refractivity contribution in [2.24, 2.45) is 11.5 Å². The molecule has 0 bridgehead atoms. The summed E-state index contributed by atoms with van der Waals surface area (Å²) in [5.74, 6) is -0.207. The average molecular weight is 277 g/mol. The maximum absolute atomic E-state index is 11.5. The Morgan fingerprint density at radius 3 is 2.56 bits per heavy atom. The Labute approximate surface area is 109 Å². The van der Waals surface area contributed by atoms with Crippen LogP contribution < -0.4 is 11.5 Å². The fraction of sp³-hybridized carbons (Fsp3) is 0.909. The number of rotatable bonds is 4. The number of nitrogens with zero attached hydrogens (tertiary/aromatic N) is 1. The van der Waals surface area contributed by atoms with E-state index in [1.807, 2.05) is 13.8 Å². The Morgan fingerprint density at radius 2 is 2.11 bits per heavy atom.